The fraction of sp³-hybridized carbons (Fsp3) is 0.571. The lowest BCUT2D eigenvalue weighted by atomic mass is 9.90. The minimum absolute atomic E-state index is 0.0870. The minimum Gasteiger partial charge on any atom is -0.444 e. The molecule has 0 aliphatic carbocycles. The van der Waals surface area contributed by atoms with Crippen LogP contribution in [0.15, 0.2) is 35.8 Å². The summed E-state index contributed by atoms with van der Waals surface area (Å²) in [6.45, 7) is 15.7. The maximum absolute atomic E-state index is 14.2. The van der Waals surface area contributed by atoms with Gasteiger partial charge in [-0.2, -0.15) is 5.10 Å². The van der Waals surface area contributed by atoms with E-state index in [0.717, 1.165) is 27.5 Å². The Morgan fingerprint density at radius 2 is 1.73 bits per heavy atom. The lowest BCUT2D eigenvalue weighted by Crippen LogP contribution is -2.50. The number of hydrogen-bond acceptors (Lipinski definition) is 9. The van der Waals surface area contributed by atoms with Crippen molar-refractivity contribution in [1.82, 2.24) is 29.9 Å². The molecule has 260 valence electrons. The number of aliphatic hydroxyl groups excluding tert-OH is 1. The van der Waals surface area contributed by atoms with Gasteiger partial charge in [-0.1, -0.05) is 38.1 Å². The van der Waals surface area contributed by atoms with Crippen LogP contribution in [-0.4, -0.2) is 98.0 Å². The number of carbonyl (C=O) groups excluding carboxylic acids is 3. The molecule has 2 aromatic heterocycles. The van der Waals surface area contributed by atoms with E-state index in [2.05, 4.69) is 15.2 Å². The summed E-state index contributed by atoms with van der Waals surface area (Å²) in [4.78, 5) is 51.3. The molecule has 1 aromatic carbocycles. The molecule has 3 amide bonds. The predicted molar refractivity (Wildman–Crippen MR) is 186 cm³/mol. The third kappa shape index (κ3) is 7.84. The highest BCUT2D eigenvalue weighted by Gasteiger charge is 2.43. The van der Waals surface area contributed by atoms with E-state index in [4.69, 9.17) is 9.84 Å². The van der Waals surface area contributed by atoms with E-state index in [0.29, 0.717) is 31.9 Å². The van der Waals surface area contributed by atoms with Crippen LogP contribution < -0.4 is 10.2 Å². The summed E-state index contributed by atoms with van der Waals surface area (Å²) in [7, 11) is 1.85. The number of likely N-dealkylation sites (tertiary alicyclic amines) is 1. The number of carbonyl (C=O) groups is 3. The molecule has 4 atom stereocenters. The predicted octanol–water partition coefficient (Wildman–Crippen LogP) is 4.49. The van der Waals surface area contributed by atoms with Crippen LogP contribution in [0.5, 0.6) is 0 Å². The van der Waals surface area contributed by atoms with Gasteiger partial charge in [-0.3, -0.25) is 14.3 Å². The number of aliphatic hydroxyl groups is 1. The van der Waals surface area contributed by atoms with Crippen LogP contribution in [0.3, 0.4) is 0 Å². The van der Waals surface area contributed by atoms with Crippen molar-refractivity contribution in [2.75, 3.05) is 37.6 Å². The molecule has 2 aliphatic rings. The van der Waals surface area contributed by atoms with Crippen molar-refractivity contribution < 1.29 is 24.2 Å². The molecule has 2 N–H and O–H groups in total. The molecule has 12 nitrogen and oxygen atoms in total. The van der Waals surface area contributed by atoms with Crippen LogP contribution >= 0.6 is 11.3 Å². The molecule has 3 aromatic rings. The number of amides is 3. The van der Waals surface area contributed by atoms with E-state index < -0.39 is 23.7 Å². The maximum atomic E-state index is 14.2. The Labute approximate surface area is 287 Å². The molecule has 0 bridgehead atoms. The number of aryl methyl sites for hydroxylation is 2. The van der Waals surface area contributed by atoms with Gasteiger partial charge in [-0.15, -0.1) is 11.3 Å². The van der Waals surface area contributed by atoms with E-state index in [9.17, 15) is 19.5 Å². The van der Waals surface area contributed by atoms with E-state index in [1.807, 2.05) is 91.4 Å². The van der Waals surface area contributed by atoms with Crippen molar-refractivity contribution in [1.29, 1.82) is 0 Å². The largest absolute Gasteiger partial charge is 0.444 e. The Morgan fingerprint density at radius 1 is 1.06 bits per heavy atom. The van der Waals surface area contributed by atoms with Gasteiger partial charge in [0, 0.05) is 52.3 Å². The van der Waals surface area contributed by atoms with Gasteiger partial charge in [0.05, 0.1) is 39.8 Å². The molecule has 2 unspecified atom stereocenters. The number of rotatable bonds is 8. The highest BCUT2D eigenvalue weighted by Crippen LogP contribution is 2.33. The summed E-state index contributed by atoms with van der Waals surface area (Å²) in [5.74, 6) is -0.368. The van der Waals surface area contributed by atoms with Crippen LogP contribution in [0.25, 0.3) is 10.4 Å². The minimum atomic E-state index is -0.796. The zero-order valence-corrected chi connectivity index (χ0v) is 30.1. The second-order valence-corrected chi connectivity index (χ2v) is 15.1. The zero-order valence-electron chi connectivity index (χ0n) is 29.3. The molecule has 2 saturated heterocycles. The quantitative estimate of drug-likeness (QED) is 0.356. The number of ether oxygens (including phenoxy) is 1. The van der Waals surface area contributed by atoms with Crippen LogP contribution in [0.4, 0.5) is 10.6 Å². The van der Waals surface area contributed by atoms with Gasteiger partial charge in [-0.05, 0) is 51.7 Å². The SMILES string of the molecule is Cc1ncsc1-c1ccc(C(C)NC(=O)[C@@H]2C[C@@H](O)CN2C(=O)C(c2cc(N3CCN(C(=O)OC(C)(C)C)CC3)n(C)n2)C(C)C)cc1. The molecule has 0 saturated carbocycles. The average Bonchev–Trinajstić information content (AvgIpc) is 3.74. The van der Waals surface area contributed by atoms with Gasteiger partial charge in [0.15, 0.2) is 0 Å². The molecular weight excluding hydrogens is 630 g/mol. The summed E-state index contributed by atoms with van der Waals surface area (Å²) in [6, 6.07) is 8.91. The van der Waals surface area contributed by atoms with Crippen LogP contribution in [0.2, 0.25) is 0 Å². The Kier molecular flexibility index (Phi) is 10.5. The number of hydrogen-bond donors (Lipinski definition) is 2. The number of β-amino-alcohol motifs (C(OH)–C–C–N with tert-alkyl or cyclic N) is 1. The standard InChI is InChI=1S/C35H49N7O5S/c1-21(2)30(27-18-29(39(8)38-27)40-13-15-41(16-14-40)34(46)47-35(5,6)7)33(45)42-19-26(43)17-28(42)32(44)37-22(3)24-9-11-25(12-10-24)31-23(4)36-20-48-31/h9-12,18,20-22,26,28,30,43H,13-17,19H2,1-8H3,(H,37,44)/t22?,26-,28+,30?/m1/s1. The molecule has 2 fully saturated rings. The second-order valence-electron chi connectivity index (χ2n) is 14.2. The molecule has 2 aliphatic heterocycles. The Bertz CT molecular complexity index is 1600. The topological polar surface area (TPSA) is 133 Å². The summed E-state index contributed by atoms with van der Waals surface area (Å²) in [5, 5.41) is 18.5. The van der Waals surface area contributed by atoms with Crippen LogP contribution in [-0.2, 0) is 21.4 Å². The Balaban J connectivity index is 1.26. The Hall–Kier alpha value is -3.97. The third-order valence-electron chi connectivity index (χ3n) is 9.02. The summed E-state index contributed by atoms with van der Waals surface area (Å²) in [5.41, 5.74) is 4.90. The van der Waals surface area contributed by atoms with Gasteiger partial charge in [0.25, 0.3) is 0 Å². The number of aromatic nitrogens is 3. The van der Waals surface area contributed by atoms with Crippen molar-refractivity contribution >= 4 is 35.1 Å². The number of piperazine rings is 1. The molecule has 5 rings (SSSR count). The molecular formula is C35H49N7O5S. The van der Waals surface area contributed by atoms with E-state index in [1.54, 1.807) is 20.9 Å². The number of thiazole rings is 1. The van der Waals surface area contributed by atoms with Gasteiger partial charge >= 0.3 is 6.09 Å². The first-order chi connectivity index (χ1) is 22.6. The second kappa shape index (κ2) is 14.3. The number of nitrogens with zero attached hydrogens (tertiary/aromatic N) is 6. The van der Waals surface area contributed by atoms with E-state index in [-0.39, 0.29) is 42.8 Å². The van der Waals surface area contributed by atoms with Gasteiger partial charge in [-0.25, -0.2) is 9.78 Å². The molecule has 13 heteroatoms. The first kappa shape index (κ1) is 35.3. The van der Waals surface area contributed by atoms with Crippen molar-refractivity contribution in [2.24, 2.45) is 13.0 Å². The number of nitrogens with one attached hydrogen (secondary N) is 1. The normalized spacial score (nSPS) is 19.8. The first-order valence-corrected chi connectivity index (χ1v) is 17.6. The highest BCUT2D eigenvalue weighted by atomic mass is 32.1. The molecule has 4 heterocycles. The summed E-state index contributed by atoms with van der Waals surface area (Å²) in [6.07, 6.45) is -0.942. The smallest absolute Gasteiger partial charge is 0.410 e. The van der Waals surface area contributed by atoms with E-state index in [1.165, 1.54) is 4.90 Å². The number of anilines is 1. The average molecular weight is 680 g/mol. The third-order valence-corrected chi connectivity index (χ3v) is 10.0. The van der Waals surface area contributed by atoms with Crippen molar-refractivity contribution in [3.8, 4) is 10.4 Å². The Morgan fingerprint density at radius 3 is 2.31 bits per heavy atom. The van der Waals surface area contributed by atoms with E-state index >= 15 is 0 Å². The summed E-state index contributed by atoms with van der Waals surface area (Å²) < 4.78 is 7.31. The molecule has 0 spiro atoms. The molecule has 48 heavy (non-hydrogen) atoms. The fourth-order valence-corrected chi connectivity index (χ4v) is 7.32. The highest BCUT2D eigenvalue weighted by molar-refractivity contribution is 7.13. The zero-order chi connectivity index (χ0) is 34.9. The molecule has 0 radical (unpaired) electrons. The van der Waals surface area contributed by atoms with Gasteiger partial charge in [0.1, 0.15) is 17.5 Å². The van der Waals surface area contributed by atoms with Gasteiger partial charge < -0.3 is 29.9 Å². The van der Waals surface area contributed by atoms with Crippen molar-refractivity contribution in [3.63, 3.8) is 0 Å². The van der Waals surface area contributed by atoms with Gasteiger partial charge in [0.2, 0.25) is 11.8 Å². The number of benzene rings is 1. The fourth-order valence-electron chi connectivity index (χ4n) is 6.50. The monoisotopic (exact) mass is 679 g/mol. The van der Waals surface area contributed by atoms with Crippen molar-refractivity contribution in [3.05, 3.63) is 52.8 Å². The van der Waals surface area contributed by atoms with Crippen LogP contribution in [0, 0.1) is 12.8 Å². The maximum Gasteiger partial charge on any atom is 0.410 e. The summed E-state index contributed by atoms with van der Waals surface area (Å²) >= 11 is 1.59. The first-order valence-electron chi connectivity index (χ1n) is 16.7. The lowest BCUT2D eigenvalue weighted by molar-refractivity contribution is -0.140. The van der Waals surface area contributed by atoms with Crippen LogP contribution in [0.1, 0.15) is 76.9 Å². The van der Waals surface area contributed by atoms with Crippen molar-refractivity contribution in [2.45, 2.75) is 84.6 Å². The lowest BCUT2D eigenvalue weighted by Gasteiger charge is -2.36.